The van der Waals surface area contributed by atoms with Gasteiger partial charge in [-0.05, 0) is 42.2 Å². The van der Waals surface area contributed by atoms with Crippen molar-refractivity contribution < 1.29 is 18.3 Å². The van der Waals surface area contributed by atoms with Gasteiger partial charge in [-0.25, -0.2) is 8.42 Å². The van der Waals surface area contributed by atoms with E-state index in [1.807, 2.05) is 37.3 Å². The summed E-state index contributed by atoms with van der Waals surface area (Å²) in [5.74, 6) is 0.451. The maximum atomic E-state index is 13.1. The van der Waals surface area contributed by atoms with Gasteiger partial charge in [0.15, 0.2) is 0 Å². The van der Waals surface area contributed by atoms with Crippen LogP contribution >= 0.6 is 0 Å². The molecule has 0 unspecified atom stereocenters. The number of aliphatic hydroxyl groups excluding tert-OH is 1. The number of ether oxygens (including phenoxy) is 1. The Bertz CT molecular complexity index is 790. The third-order valence-electron chi connectivity index (χ3n) is 4.49. The summed E-state index contributed by atoms with van der Waals surface area (Å²) in [6.45, 7) is 1.87. The summed E-state index contributed by atoms with van der Waals surface area (Å²) in [7, 11) is -2.29. The predicted molar refractivity (Wildman–Crippen MR) is 91.0 cm³/mol. The number of nitrogens with zero attached hydrogens (tertiary/aromatic N) is 1. The zero-order valence-electron chi connectivity index (χ0n) is 13.7. The summed E-state index contributed by atoms with van der Waals surface area (Å²) in [6.07, 6.45) is -0.456. The highest BCUT2D eigenvalue weighted by atomic mass is 32.2. The molecule has 0 saturated carbocycles. The first-order valence-corrected chi connectivity index (χ1v) is 9.29. The highest BCUT2D eigenvalue weighted by Crippen LogP contribution is 2.42. The van der Waals surface area contributed by atoms with E-state index >= 15 is 0 Å². The Morgan fingerprint density at radius 1 is 1.08 bits per heavy atom. The van der Waals surface area contributed by atoms with Crippen molar-refractivity contribution in [3.8, 4) is 5.75 Å². The van der Waals surface area contributed by atoms with E-state index in [4.69, 9.17) is 4.74 Å². The lowest BCUT2D eigenvalue weighted by atomic mass is 10.0. The summed E-state index contributed by atoms with van der Waals surface area (Å²) in [5.41, 5.74) is 0.887. The molecular formula is C18H21NO4S. The number of aliphatic hydroxyl groups is 1. The standard InChI is InChI=1S/C18H21NO4S/c1-13-12-17(14-6-4-3-5-7-14)19(18(13)20)24(21,22)16-10-8-15(23-2)9-11-16/h3-11,13,17-18,20H,12H2,1-2H3/t13-,17+,18+/m1/s1. The Morgan fingerprint density at radius 2 is 1.71 bits per heavy atom. The molecule has 3 atom stereocenters. The van der Waals surface area contributed by atoms with Gasteiger partial charge in [0.1, 0.15) is 12.0 Å². The normalized spacial score (nSPS) is 24.9. The smallest absolute Gasteiger partial charge is 0.245 e. The van der Waals surface area contributed by atoms with E-state index in [2.05, 4.69) is 0 Å². The van der Waals surface area contributed by atoms with Gasteiger partial charge in [-0.15, -0.1) is 0 Å². The largest absolute Gasteiger partial charge is 0.497 e. The minimum absolute atomic E-state index is 0.136. The maximum Gasteiger partial charge on any atom is 0.245 e. The number of hydrogen-bond donors (Lipinski definition) is 1. The molecule has 2 aromatic carbocycles. The van der Waals surface area contributed by atoms with E-state index in [0.29, 0.717) is 12.2 Å². The Morgan fingerprint density at radius 3 is 2.29 bits per heavy atom. The number of rotatable bonds is 4. The molecule has 5 nitrogen and oxygen atoms in total. The second-order valence-corrected chi connectivity index (χ2v) is 7.91. The van der Waals surface area contributed by atoms with Gasteiger partial charge in [-0.1, -0.05) is 37.3 Å². The van der Waals surface area contributed by atoms with Gasteiger partial charge in [0.2, 0.25) is 10.0 Å². The lowest BCUT2D eigenvalue weighted by Gasteiger charge is -2.27. The van der Waals surface area contributed by atoms with Gasteiger partial charge in [0.05, 0.1) is 18.0 Å². The molecule has 1 fully saturated rings. The average molecular weight is 347 g/mol. The highest BCUT2D eigenvalue weighted by molar-refractivity contribution is 7.89. The van der Waals surface area contributed by atoms with E-state index in [1.165, 1.54) is 23.5 Å². The molecule has 6 heteroatoms. The minimum Gasteiger partial charge on any atom is -0.497 e. The van der Waals surface area contributed by atoms with Gasteiger partial charge >= 0.3 is 0 Å². The SMILES string of the molecule is COc1ccc(S(=O)(=O)N2[C@H](c3ccccc3)C[C@@H](C)[C@@H]2O)cc1. The van der Waals surface area contributed by atoms with Crippen molar-refractivity contribution in [2.75, 3.05) is 7.11 Å². The lowest BCUT2D eigenvalue weighted by Crippen LogP contribution is -2.38. The molecule has 1 aliphatic heterocycles. The van der Waals surface area contributed by atoms with Crippen molar-refractivity contribution in [3.05, 3.63) is 60.2 Å². The predicted octanol–water partition coefficient (Wildman–Crippen LogP) is 2.79. The molecule has 1 aliphatic rings. The molecule has 0 aromatic heterocycles. The van der Waals surface area contributed by atoms with Crippen LogP contribution in [0.5, 0.6) is 5.75 Å². The topological polar surface area (TPSA) is 66.8 Å². The first kappa shape index (κ1) is 17.0. The average Bonchev–Trinajstić information content (AvgIpc) is 2.91. The fraction of sp³-hybridized carbons (Fsp3) is 0.333. The van der Waals surface area contributed by atoms with E-state index in [9.17, 15) is 13.5 Å². The molecular weight excluding hydrogens is 326 g/mol. The lowest BCUT2D eigenvalue weighted by molar-refractivity contribution is 0.0524. The van der Waals surface area contributed by atoms with Gasteiger partial charge in [-0.2, -0.15) is 4.31 Å². The fourth-order valence-electron chi connectivity index (χ4n) is 3.15. The Balaban J connectivity index is 2.02. The van der Waals surface area contributed by atoms with Crippen molar-refractivity contribution in [1.82, 2.24) is 4.31 Å². The van der Waals surface area contributed by atoms with Crippen molar-refractivity contribution in [2.45, 2.75) is 30.5 Å². The van der Waals surface area contributed by atoms with Crippen LogP contribution in [0.4, 0.5) is 0 Å². The molecule has 0 radical (unpaired) electrons. The summed E-state index contributed by atoms with van der Waals surface area (Å²) in [4.78, 5) is 0.150. The third kappa shape index (κ3) is 2.92. The summed E-state index contributed by atoms with van der Waals surface area (Å²) < 4.78 is 32.5. The second-order valence-electron chi connectivity index (χ2n) is 6.06. The molecule has 0 aliphatic carbocycles. The van der Waals surface area contributed by atoms with Crippen LogP contribution in [-0.2, 0) is 10.0 Å². The van der Waals surface area contributed by atoms with Crippen LogP contribution in [0.25, 0.3) is 0 Å². The first-order valence-electron chi connectivity index (χ1n) is 7.85. The van der Waals surface area contributed by atoms with Crippen molar-refractivity contribution in [1.29, 1.82) is 0 Å². The Hall–Kier alpha value is -1.89. The maximum absolute atomic E-state index is 13.1. The van der Waals surface area contributed by atoms with E-state index in [0.717, 1.165) is 5.56 Å². The molecule has 1 N–H and O–H groups in total. The van der Waals surface area contributed by atoms with Gasteiger partial charge in [-0.3, -0.25) is 0 Å². The van der Waals surface area contributed by atoms with Gasteiger partial charge < -0.3 is 9.84 Å². The van der Waals surface area contributed by atoms with E-state index in [-0.39, 0.29) is 16.9 Å². The van der Waals surface area contributed by atoms with E-state index in [1.54, 1.807) is 12.1 Å². The van der Waals surface area contributed by atoms with Crippen LogP contribution in [0, 0.1) is 5.92 Å². The van der Waals surface area contributed by atoms with E-state index < -0.39 is 16.3 Å². The first-order chi connectivity index (χ1) is 11.4. The van der Waals surface area contributed by atoms with Crippen molar-refractivity contribution in [3.63, 3.8) is 0 Å². The van der Waals surface area contributed by atoms with Crippen molar-refractivity contribution >= 4 is 10.0 Å². The number of benzene rings is 2. The molecule has 1 saturated heterocycles. The molecule has 2 aromatic rings. The van der Waals surface area contributed by atoms with Crippen molar-refractivity contribution in [2.24, 2.45) is 5.92 Å². The molecule has 1 heterocycles. The highest BCUT2D eigenvalue weighted by Gasteiger charge is 2.46. The molecule has 24 heavy (non-hydrogen) atoms. The van der Waals surface area contributed by atoms with Gasteiger partial charge in [0, 0.05) is 0 Å². The van der Waals surface area contributed by atoms with Crippen LogP contribution in [0.2, 0.25) is 0 Å². The monoisotopic (exact) mass is 347 g/mol. The third-order valence-corrected chi connectivity index (χ3v) is 6.38. The van der Waals surface area contributed by atoms with Crippen LogP contribution < -0.4 is 4.74 Å². The molecule has 0 bridgehead atoms. The Labute approximate surface area is 142 Å². The quantitative estimate of drug-likeness (QED) is 0.923. The summed E-state index contributed by atoms with van der Waals surface area (Å²) >= 11 is 0. The van der Waals surface area contributed by atoms with Crippen LogP contribution in [0.1, 0.15) is 24.9 Å². The molecule has 3 rings (SSSR count). The zero-order valence-corrected chi connectivity index (χ0v) is 14.5. The van der Waals surface area contributed by atoms with Crippen LogP contribution in [-0.4, -0.2) is 31.2 Å². The Kier molecular flexibility index (Phi) is 4.62. The number of hydrogen-bond acceptors (Lipinski definition) is 4. The molecule has 0 spiro atoms. The summed E-state index contributed by atoms with van der Waals surface area (Å²) in [6, 6.07) is 15.3. The number of sulfonamides is 1. The molecule has 0 amide bonds. The van der Waals surface area contributed by atoms with Gasteiger partial charge in [0.25, 0.3) is 0 Å². The minimum atomic E-state index is -3.82. The zero-order chi connectivity index (χ0) is 17.3. The molecule has 128 valence electrons. The second kappa shape index (κ2) is 6.55. The summed E-state index contributed by atoms with van der Waals surface area (Å²) in [5, 5.41) is 10.5. The van der Waals surface area contributed by atoms with Crippen LogP contribution in [0.3, 0.4) is 0 Å². The number of methoxy groups -OCH3 is 1. The van der Waals surface area contributed by atoms with Crippen LogP contribution in [0.15, 0.2) is 59.5 Å². The fourth-order valence-corrected chi connectivity index (χ4v) is 4.91.